The first kappa shape index (κ1) is 18.0. The molecule has 128 valence electrons. The minimum Gasteiger partial charge on any atom is -0.352 e. The van der Waals surface area contributed by atoms with Crippen molar-refractivity contribution in [1.82, 2.24) is 10.6 Å². The number of hydrogen-bond donors (Lipinski definition) is 3. The van der Waals surface area contributed by atoms with E-state index in [4.69, 9.17) is 0 Å². The maximum Gasteiger partial charge on any atom is 0.224 e. The fourth-order valence-corrected chi connectivity index (χ4v) is 2.84. The minimum absolute atomic E-state index is 0.0519. The third kappa shape index (κ3) is 6.04. The quantitative estimate of drug-likeness (QED) is 0.533. The van der Waals surface area contributed by atoms with E-state index < -0.39 is 0 Å². The number of thiophene rings is 1. The van der Waals surface area contributed by atoms with E-state index in [1.165, 1.54) is 4.88 Å². The van der Waals surface area contributed by atoms with Gasteiger partial charge in [0.15, 0.2) is 5.96 Å². The summed E-state index contributed by atoms with van der Waals surface area (Å²) in [4.78, 5) is 17.2. The fourth-order valence-electron chi connectivity index (χ4n) is 2.20. The van der Waals surface area contributed by atoms with E-state index in [9.17, 15) is 4.79 Å². The molecule has 0 saturated carbocycles. The average molecular weight is 344 g/mol. The second kappa shape index (κ2) is 9.72. The van der Waals surface area contributed by atoms with Crippen molar-refractivity contribution in [2.45, 2.75) is 32.9 Å². The van der Waals surface area contributed by atoms with Crippen LogP contribution in [0.3, 0.4) is 0 Å². The molecule has 6 heteroatoms. The van der Waals surface area contributed by atoms with E-state index in [1.54, 1.807) is 18.4 Å². The molecule has 1 amide bonds. The predicted molar refractivity (Wildman–Crippen MR) is 101 cm³/mol. The lowest BCUT2D eigenvalue weighted by Crippen LogP contribution is -2.36. The molecule has 0 spiro atoms. The summed E-state index contributed by atoms with van der Waals surface area (Å²) in [5.41, 5.74) is 1.91. The van der Waals surface area contributed by atoms with Gasteiger partial charge in [0.2, 0.25) is 5.91 Å². The Morgan fingerprint density at radius 1 is 1.17 bits per heavy atom. The Labute approximate surface area is 147 Å². The molecule has 0 atom stereocenters. The van der Waals surface area contributed by atoms with Crippen LogP contribution in [0, 0.1) is 0 Å². The Hall–Kier alpha value is -2.34. The second-order valence-corrected chi connectivity index (χ2v) is 6.39. The Bertz CT molecular complexity index is 667. The van der Waals surface area contributed by atoms with Crippen molar-refractivity contribution >= 4 is 28.9 Å². The molecule has 5 nitrogen and oxygen atoms in total. The Morgan fingerprint density at radius 2 is 2.00 bits per heavy atom. The van der Waals surface area contributed by atoms with Gasteiger partial charge >= 0.3 is 0 Å². The first-order chi connectivity index (χ1) is 11.7. The molecule has 2 rings (SSSR count). The highest BCUT2D eigenvalue weighted by Gasteiger charge is 2.03. The van der Waals surface area contributed by atoms with Gasteiger partial charge in [0, 0.05) is 30.6 Å². The minimum atomic E-state index is 0.0519. The zero-order valence-corrected chi connectivity index (χ0v) is 15.0. The van der Waals surface area contributed by atoms with E-state index in [2.05, 4.69) is 32.4 Å². The van der Waals surface area contributed by atoms with Crippen molar-refractivity contribution in [2.24, 2.45) is 4.99 Å². The SMILES string of the molecule is CCCC(=O)Nc1cccc(CNC(=NC)NCc2cccs2)c1. The van der Waals surface area contributed by atoms with Crippen LogP contribution in [0.1, 0.15) is 30.2 Å². The fraction of sp³-hybridized carbons (Fsp3) is 0.333. The number of guanidine groups is 1. The third-order valence-electron chi connectivity index (χ3n) is 3.38. The number of hydrogen-bond acceptors (Lipinski definition) is 3. The lowest BCUT2D eigenvalue weighted by molar-refractivity contribution is -0.116. The molecule has 1 aromatic carbocycles. The van der Waals surface area contributed by atoms with Gasteiger partial charge in [0.25, 0.3) is 0 Å². The zero-order valence-electron chi connectivity index (χ0n) is 14.1. The predicted octanol–water partition coefficient (Wildman–Crippen LogP) is 3.35. The summed E-state index contributed by atoms with van der Waals surface area (Å²) in [5, 5.41) is 11.5. The van der Waals surface area contributed by atoms with E-state index in [0.717, 1.165) is 30.2 Å². The summed E-state index contributed by atoms with van der Waals surface area (Å²) in [6.45, 7) is 3.39. The molecule has 0 saturated heterocycles. The molecule has 1 heterocycles. The van der Waals surface area contributed by atoms with Crippen molar-refractivity contribution in [3.05, 3.63) is 52.2 Å². The maximum absolute atomic E-state index is 11.7. The van der Waals surface area contributed by atoms with Gasteiger partial charge in [0.1, 0.15) is 0 Å². The number of aliphatic imine (C=N–C) groups is 1. The summed E-state index contributed by atoms with van der Waals surface area (Å²) in [5.74, 6) is 0.805. The molecule has 2 aromatic rings. The third-order valence-corrected chi connectivity index (χ3v) is 4.26. The van der Waals surface area contributed by atoms with E-state index >= 15 is 0 Å². The molecule has 0 aliphatic rings. The number of amides is 1. The molecule has 0 aliphatic heterocycles. The maximum atomic E-state index is 11.7. The molecule has 1 aromatic heterocycles. The molecule has 0 bridgehead atoms. The molecule has 0 aliphatic carbocycles. The van der Waals surface area contributed by atoms with Crippen LogP contribution in [-0.4, -0.2) is 18.9 Å². The normalized spacial score (nSPS) is 11.2. The van der Waals surface area contributed by atoms with Crippen LogP contribution >= 0.6 is 11.3 Å². The number of rotatable bonds is 7. The van der Waals surface area contributed by atoms with E-state index in [1.807, 2.05) is 37.3 Å². The van der Waals surface area contributed by atoms with Gasteiger partial charge in [-0.1, -0.05) is 25.1 Å². The van der Waals surface area contributed by atoms with Crippen LogP contribution in [0.15, 0.2) is 46.8 Å². The van der Waals surface area contributed by atoms with Crippen LogP contribution in [-0.2, 0) is 17.9 Å². The first-order valence-corrected chi connectivity index (χ1v) is 8.95. The molecule has 0 radical (unpaired) electrons. The molecule has 0 fully saturated rings. The lowest BCUT2D eigenvalue weighted by atomic mass is 10.2. The number of nitrogens with zero attached hydrogens (tertiary/aromatic N) is 1. The Kier molecular flexibility index (Phi) is 7.29. The summed E-state index contributed by atoms with van der Waals surface area (Å²) in [6.07, 6.45) is 1.39. The monoisotopic (exact) mass is 344 g/mol. The van der Waals surface area contributed by atoms with Crippen molar-refractivity contribution in [2.75, 3.05) is 12.4 Å². The van der Waals surface area contributed by atoms with Gasteiger partial charge in [-0.15, -0.1) is 11.3 Å². The van der Waals surface area contributed by atoms with Gasteiger partial charge in [-0.05, 0) is 35.6 Å². The van der Waals surface area contributed by atoms with Crippen molar-refractivity contribution < 1.29 is 4.79 Å². The Balaban J connectivity index is 1.84. The van der Waals surface area contributed by atoms with Crippen LogP contribution < -0.4 is 16.0 Å². The summed E-state index contributed by atoms with van der Waals surface area (Å²) in [7, 11) is 1.76. The number of carbonyl (C=O) groups is 1. The average Bonchev–Trinajstić information content (AvgIpc) is 3.09. The van der Waals surface area contributed by atoms with E-state index in [0.29, 0.717) is 13.0 Å². The van der Waals surface area contributed by atoms with Gasteiger partial charge in [-0.3, -0.25) is 9.79 Å². The number of benzene rings is 1. The molecular formula is C18H24N4OS. The Morgan fingerprint density at radius 3 is 2.71 bits per heavy atom. The van der Waals surface area contributed by atoms with Gasteiger partial charge < -0.3 is 16.0 Å². The molecule has 24 heavy (non-hydrogen) atoms. The largest absolute Gasteiger partial charge is 0.352 e. The van der Waals surface area contributed by atoms with Crippen molar-refractivity contribution in [3.8, 4) is 0 Å². The number of carbonyl (C=O) groups excluding carboxylic acids is 1. The molecule has 0 unspecified atom stereocenters. The number of anilines is 1. The summed E-state index contributed by atoms with van der Waals surface area (Å²) < 4.78 is 0. The van der Waals surface area contributed by atoms with Crippen LogP contribution in [0.2, 0.25) is 0 Å². The highest BCUT2D eigenvalue weighted by atomic mass is 32.1. The van der Waals surface area contributed by atoms with Crippen molar-refractivity contribution in [1.29, 1.82) is 0 Å². The molecular weight excluding hydrogens is 320 g/mol. The van der Waals surface area contributed by atoms with Crippen LogP contribution in [0.25, 0.3) is 0 Å². The van der Waals surface area contributed by atoms with Gasteiger partial charge in [-0.2, -0.15) is 0 Å². The second-order valence-electron chi connectivity index (χ2n) is 5.36. The highest BCUT2D eigenvalue weighted by Crippen LogP contribution is 2.11. The summed E-state index contributed by atoms with van der Waals surface area (Å²) >= 11 is 1.72. The zero-order chi connectivity index (χ0) is 17.2. The number of nitrogens with one attached hydrogen (secondary N) is 3. The lowest BCUT2D eigenvalue weighted by Gasteiger charge is -2.12. The molecule has 3 N–H and O–H groups in total. The topological polar surface area (TPSA) is 65.5 Å². The van der Waals surface area contributed by atoms with Crippen LogP contribution in [0.4, 0.5) is 5.69 Å². The van der Waals surface area contributed by atoms with Crippen LogP contribution in [0.5, 0.6) is 0 Å². The smallest absolute Gasteiger partial charge is 0.224 e. The first-order valence-electron chi connectivity index (χ1n) is 8.07. The van der Waals surface area contributed by atoms with E-state index in [-0.39, 0.29) is 5.91 Å². The van der Waals surface area contributed by atoms with Crippen molar-refractivity contribution in [3.63, 3.8) is 0 Å². The standard InChI is InChI=1S/C18H24N4OS/c1-3-6-17(23)22-15-8-4-7-14(11-15)12-20-18(19-2)21-13-16-9-5-10-24-16/h4-5,7-11H,3,6,12-13H2,1-2H3,(H,22,23)(H2,19,20,21). The van der Waals surface area contributed by atoms with Gasteiger partial charge in [-0.25, -0.2) is 0 Å². The summed E-state index contributed by atoms with van der Waals surface area (Å²) in [6, 6.07) is 12.0. The highest BCUT2D eigenvalue weighted by molar-refractivity contribution is 7.09. The van der Waals surface area contributed by atoms with Gasteiger partial charge in [0.05, 0.1) is 6.54 Å².